The molecule has 0 aliphatic heterocycles. The summed E-state index contributed by atoms with van der Waals surface area (Å²) < 4.78 is 5.12. The molecule has 2 aromatic heterocycles. The van der Waals surface area contributed by atoms with Gasteiger partial charge in [0, 0.05) is 12.3 Å². The molecule has 2 rings (SSSR count). The molecule has 0 aliphatic rings. The molecular formula is C8H5ClN2O3. The molecule has 0 bridgehead atoms. The molecule has 0 saturated heterocycles. The summed E-state index contributed by atoms with van der Waals surface area (Å²) in [7, 11) is 0. The van der Waals surface area contributed by atoms with E-state index in [9.17, 15) is 4.79 Å². The highest BCUT2D eigenvalue weighted by atomic mass is 35.5. The third kappa shape index (κ3) is 1.67. The molecule has 0 aliphatic carbocycles. The number of carboxylic acids is 1. The lowest BCUT2D eigenvalue weighted by molar-refractivity contribution is -0.136. The largest absolute Gasteiger partial charge is 0.481 e. The van der Waals surface area contributed by atoms with Gasteiger partial charge in [-0.2, -0.15) is 4.98 Å². The van der Waals surface area contributed by atoms with E-state index in [1.165, 1.54) is 6.20 Å². The number of nitrogens with zero attached hydrogens (tertiary/aromatic N) is 2. The minimum absolute atomic E-state index is 0.127. The minimum atomic E-state index is -0.998. The average Bonchev–Trinajstić information content (AvgIpc) is 2.44. The number of hydrogen-bond donors (Lipinski definition) is 1. The Morgan fingerprint density at radius 3 is 3.14 bits per heavy atom. The monoisotopic (exact) mass is 212 g/mol. The second-order valence-corrected chi connectivity index (χ2v) is 3.09. The normalized spacial score (nSPS) is 10.6. The predicted molar refractivity (Wildman–Crippen MR) is 48.2 cm³/mol. The highest BCUT2D eigenvalue weighted by Gasteiger charge is 2.10. The van der Waals surface area contributed by atoms with Gasteiger partial charge in [-0.1, -0.05) is 11.6 Å². The van der Waals surface area contributed by atoms with E-state index in [-0.39, 0.29) is 12.3 Å². The molecule has 6 heteroatoms. The second kappa shape index (κ2) is 3.26. The van der Waals surface area contributed by atoms with Crippen molar-refractivity contribution >= 4 is 28.8 Å². The van der Waals surface area contributed by atoms with Gasteiger partial charge >= 0.3 is 5.97 Å². The molecule has 0 aromatic carbocycles. The van der Waals surface area contributed by atoms with Crippen LogP contribution in [0, 0.1) is 0 Å². The molecule has 2 heterocycles. The maximum absolute atomic E-state index is 10.4. The van der Waals surface area contributed by atoms with E-state index < -0.39 is 5.97 Å². The van der Waals surface area contributed by atoms with Gasteiger partial charge in [0.1, 0.15) is 6.42 Å². The molecule has 72 valence electrons. The van der Waals surface area contributed by atoms with Crippen molar-refractivity contribution in [3.63, 3.8) is 0 Å². The van der Waals surface area contributed by atoms with Gasteiger partial charge in [-0.25, -0.2) is 4.98 Å². The Balaban J connectivity index is 2.46. The van der Waals surface area contributed by atoms with Crippen LogP contribution in [0.5, 0.6) is 0 Å². The number of carbonyl (C=O) groups is 1. The third-order valence-corrected chi connectivity index (χ3v) is 1.77. The highest BCUT2D eigenvalue weighted by Crippen LogP contribution is 2.17. The summed E-state index contributed by atoms with van der Waals surface area (Å²) in [5, 5.41) is 8.93. The number of oxazole rings is 1. The summed E-state index contributed by atoms with van der Waals surface area (Å²) in [6, 6.07) is 1.54. The van der Waals surface area contributed by atoms with Gasteiger partial charge in [-0.05, 0) is 0 Å². The Labute approximate surface area is 83.3 Å². The number of pyridine rings is 1. The van der Waals surface area contributed by atoms with Crippen LogP contribution in [0.2, 0.25) is 5.02 Å². The van der Waals surface area contributed by atoms with Gasteiger partial charge in [0.05, 0.1) is 5.02 Å². The third-order valence-electron chi connectivity index (χ3n) is 1.56. The smallest absolute Gasteiger partial charge is 0.312 e. The van der Waals surface area contributed by atoms with E-state index >= 15 is 0 Å². The number of aromatic nitrogens is 2. The second-order valence-electron chi connectivity index (χ2n) is 2.65. The van der Waals surface area contributed by atoms with Crippen molar-refractivity contribution in [3.05, 3.63) is 23.2 Å². The van der Waals surface area contributed by atoms with Crippen molar-refractivity contribution in [2.24, 2.45) is 0 Å². The van der Waals surface area contributed by atoms with Crippen LogP contribution < -0.4 is 0 Å². The zero-order valence-corrected chi connectivity index (χ0v) is 7.65. The van der Waals surface area contributed by atoms with Gasteiger partial charge in [-0.3, -0.25) is 4.79 Å². The standard InChI is InChI=1S/C8H5ClN2O3/c9-4-1-5-8(10-3-4)11-6(14-5)2-7(12)13/h1,3H,2H2,(H,12,13). The number of hydrogen-bond acceptors (Lipinski definition) is 4. The highest BCUT2D eigenvalue weighted by molar-refractivity contribution is 6.30. The van der Waals surface area contributed by atoms with Crippen LogP contribution in [0.3, 0.4) is 0 Å². The summed E-state index contributed by atoms with van der Waals surface area (Å²) in [5.74, 6) is -0.870. The van der Waals surface area contributed by atoms with E-state index in [1.54, 1.807) is 6.07 Å². The fourth-order valence-electron chi connectivity index (χ4n) is 1.05. The zero-order valence-electron chi connectivity index (χ0n) is 6.90. The molecule has 0 radical (unpaired) electrons. The summed E-state index contributed by atoms with van der Waals surface area (Å²) in [4.78, 5) is 18.1. The first-order valence-corrected chi connectivity index (χ1v) is 4.16. The fourth-order valence-corrected chi connectivity index (χ4v) is 1.19. The first-order valence-electron chi connectivity index (χ1n) is 3.78. The molecule has 0 fully saturated rings. The maximum atomic E-state index is 10.4. The van der Waals surface area contributed by atoms with Crippen LogP contribution in [0.1, 0.15) is 5.89 Å². The van der Waals surface area contributed by atoms with Crippen molar-refractivity contribution in [2.75, 3.05) is 0 Å². The van der Waals surface area contributed by atoms with E-state index in [1.807, 2.05) is 0 Å². The quantitative estimate of drug-likeness (QED) is 0.817. The van der Waals surface area contributed by atoms with Gasteiger partial charge < -0.3 is 9.52 Å². The summed E-state index contributed by atoms with van der Waals surface area (Å²) >= 11 is 5.67. The van der Waals surface area contributed by atoms with Gasteiger partial charge in [0.25, 0.3) is 0 Å². The average molecular weight is 213 g/mol. The molecule has 2 aromatic rings. The Hall–Kier alpha value is -1.62. The molecule has 0 unspecified atom stereocenters. The van der Waals surface area contributed by atoms with Crippen molar-refractivity contribution in [1.29, 1.82) is 0 Å². The molecule has 14 heavy (non-hydrogen) atoms. The number of aliphatic carboxylic acids is 1. The lowest BCUT2D eigenvalue weighted by atomic mass is 10.4. The van der Waals surface area contributed by atoms with Gasteiger partial charge in [0.15, 0.2) is 11.2 Å². The number of halogens is 1. The van der Waals surface area contributed by atoms with Crippen molar-refractivity contribution in [2.45, 2.75) is 6.42 Å². The lowest BCUT2D eigenvalue weighted by Gasteiger charge is -1.85. The van der Waals surface area contributed by atoms with Crippen LogP contribution in [-0.2, 0) is 11.2 Å². The SMILES string of the molecule is O=C(O)Cc1nc2ncc(Cl)cc2o1. The number of rotatable bonds is 2. The summed E-state index contributed by atoms with van der Waals surface area (Å²) in [6.45, 7) is 0. The Bertz CT molecular complexity index is 494. The Morgan fingerprint density at radius 2 is 2.43 bits per heavy atom. The molecule has 0 spiro atoms. The van der Waals surface area contributed by atoms with Crippen molar-refractivity contribution < 1.29 is 14.3 Å². The Kier molecular flexibility index (Phi) is 2.09. The number of carboxylic acid groups (broad SMARTS) is 1. The topological polar surface area (TPSA) is 76.2 Å². The van der Waals surface area contributed by atoms with E-state index in [0.717, 1.165) is 0 Å². The van der Waals surface area contributed by atoms with Crippen LogP contribution in [0.25, 0.3) is 11.2 Å². The van der Waals surface area contributed by atoms with Gasteiger partial charge in [-0.15, -0.1) is 0 Å². The minimum Gasteiger partial charge on any atom is -0.481 e. The van der Waals surface area contributed by atoms with Crippen molar-refractivity contribution in [3.8, 4) is 0 Å². The molecule has 0 atom stereocenters. The lowest BCUT2D eigenvalue weighted by Crippen LogP contribution is -1.99. The predicted octanol–water partition coefficient (Wildman–Crippen LogP) is 1.50. The zero-order chi connectivity index (χ0) is 10.1. The Morgan fingerprint density at radius 1 is 1.64 bits per heavy atom. The molecule has 1 N–H and O–H groups in total. The van der Waals surface area contributed by atoms with Crippen LogP contribution in [0.4, 0.5) is 0 Å². The van der Waals surface area contributed by atoms with E-state index in [0.29, 0.717) is 16.3 Å². The van der Waals surface area contributed by atoms with Crippen molar-refractivity contribution in [1.82, 2.24) is 9.97 Å². The van der Waals surface area contributed by atoms with Crippen LogP contribution in [-0.4, -0.2) is 21.0 Å². The van der Waals surface area contributed by atoms with Gasteiger partial charge in [0.2, 0.25) is 5.89 Å². The fraction of sp³-hybridized carbons (Fsp3) is 0.125. The first-order chi connectivity index (χ1) is 6.65. The van der Waals surface area contributed by atoms with E-state index in [2.05, 4.69) is 9.97 Å². The maximum Gasteiger partial charge on any atom is 0.312 e. The first kappa shape index (κ1) is 8.96. The van der Waals surface area contributed by atoms with Crippen LogP contribution in [0.15, 0.2) is 16.7 Å². The molecule has 0 amide bonds. The van der Waals surface area contributed by atoms with E-state index in [4.69, 9.17) is 21.1 Å². The summed E-state index contributed by atoms with van der Waals surface area (Å²) in [5.41, 5.74) is 0.763. The van der Waals surface area contributed by atoms with Crippen LogP contribution >= 0.6 is 11.6 Å². The molecule has 0 saturated carbocycles. The number of fused-ring (bicyclic) bond motifs is 1. The molecular weight excluding hydrogens is 208 g/mol. The molecule has 5 nitrogen and oxygen atoms in total. The summed E-state index contributed by atoms with van der Waals surface area (Å²) in [6.07, 6.45) is 1.17.